The Labute approximate surface area is 96.3 Å². The summed E-state index contributed by atoms with van der Waals surface area (Å²) in [6, 6.07) is 3.66. The van der Waals surface area contributed by atoms with Crippen LogP contribution in [0.3, 0.4) is 0 Å². The van der Waals surface area contributed by atoms with Gasteiger partial charge in [0.1, 0.15) is 0 Å². The molecule has 0 bridgehead atoms. The molecule has 1 heterocycles. The third-order valence-corrected chi connectivity index (χ3v) is 3.79. The number of pyridine rings is 1. The van der Waals surface area contributed by atoms with E-state index in [1.54, 1.807) is 12.3 Å². The summed E-state index contributed by atoms with van der Waals surface area (Å²) >= 11 is 0. The Kier molecular flexibility index (Phi) is 3.42. The topological polar surface area (TPSA) is 24.9 Å². The summed E-state index contributed by atoms with van der Waals surface area (Å²) in [5, 5.41) is 3.46. The molecule has 1 N–H and O–H groups in total. The van der Waals surface area contributed by atoms with E-state index >= 15 is 0 Å². The van der Waals surface area contributed by atoms with Gasteiger partial charge in [0.2, 0.25) is 5.95 Å². The zero-order valence-corrected chi connectivity index (χ0v) is 9.91. The van der Waals surface area contributed by atoms with Gasteiger partial charge in [-0.05, 0) is 30.4 Å². The number of rotatable bonds is 2. The summed E-state index contributed by atoms with van der Waals surface area (Å²) in [4.78, 5) is 3.66. The molecule has 1 aliphatic carbocycles. The normalized spacial score (nSPS) is 30.1. The van der Waals surface area contributed by atoms with E-state index in [1.807, 2.05) is 0 Å². The zero-order chi connectivity index (χ0) is 11.5. The van der Waals surface area contributed by atoms with Crippen molar-refractivity contribution in [3.63, 3.8) is 0 Å². The third-order valence-electron chi connectivity index (χ3n) is 3.79. The van der Waals surface area contributed by atoms with Gasteiger partial charge in [0.05, 0.1) is 11.9 Å². The van der Waals surface area contributed by atoms with Crippen molar-refractivity contribution in [2.45, 2.75) is 39.2 Å². The van der Waals surface area contributed by atoms with Crippen molar-refractivity contribution in [1.82, 2.24) is 4.98 Å². The molecule has 1 aromatic rings. The van der Waals surface area contributed by atoms with Crippen LogP contribution in [0.15, 0.2) is 18.3 Å². The summed E-state index contributed by atoms with van der Waals surface area (Å²) in [5.74, 6) is 1.01. The van der Waals surface area contributed by atoms with Crippen LogP contribution in [-0.2, 0) is 0 Å². The number of hydrogen-bond acceptors (Lipinski definition) is 2. The fourth-order valence-electron chi connectivity index (χ4n) is 2.46. The van der Waals surface area contributed by atoms with Gasteiger partial charge in [0.15, 0.2) is 0 Å². The molecule has 1 aromatic heterocycles. The van der Waals surface area contributed by atoms with Crippen molar-refractivity contribution in [2.75, 3.05) is 5.32 Å². The van der Waals surface area contributed by atoms with Crippen LogP contribution in [0.1, 0.15) is 33.1 Å². The van der Waals surface area contributed by atoms with Crippen LogP contribution in [0.5, 0.6) is 0 Å². The lowest BCUT2D eigenvalue weighted by Gasteiger charge is -2.35. The second kappa shape index (κ2) is 4.81. The average molecular weight is 222 g/mol. The van der Waals surface area contributed by atoms with Gasteiger partial charge >= 0.3 is 0 Å². The number of nitrogens with zero attached hydrogens (tertiary/aromatic N) is 1. The Balaban J connectivity index is 2.00. The molecule has 0 aromatic carbocycles. The molecule has 16 heavy (non-hydrogen) atoms. The first-order valence-electron chi connectivity index (χ1n) is 6.05. The lowest BCUT2D eigenvalue weighted by molar-refractivity contribution is 0.253. The smallest absolute Gasteiger partial charge is 0.212 e. The van der Waals surface area contributed by atoms with Crippen LogP contribution in [0, 0.1) is 17.8 Å². The Morgan fingerprint density at radius 3 is 2.81 bits per heavy atom. The molecule has 0 saturated heterocycles. The Morgan fingerprint density at radius 2 is 2.12 bits per heavy atom. The monoisotopic (exact) mass is 222 g/mol. The lowest BCUT2D eigenvalue weighted by Crippen LogP contribution is -2.35. The zero-order valence-electron chi connectivity index (χ0n) is 9.91. The van der Waals surface area contributed by atoms with E-state index < -0.39 is 5.95 Å². The summed E-state index contributed by atoms with van der Waals surface area (Å²) in [7, 11) is 0. The van der Waals surface area contributed by atoms with Gasteiger partial charge in [-0.2, -0.15) is 4.39 Å². The first-order valence-corrected chi connectivity index (χ1v) is 6.05. The highest BCUT2D eigenvalue weighted by Crippen LogP contribution is 2.31. The Bertz CT molecular complexity index is 336. The second-order valence-electron chi connectivity index (χ2n) is 4.89. The number of anilines is 1. The van der Waals surface area contributed by atoms with Crippen molar-refractivity contribution in [1.29, 1.82) is 0 Å². The molecule has 3 unspecified atom stereocenters. The van der Waals surface area contributed by atoms with E-state index in [-0.39, 0.29) is 0 Å². The van der Waals surface area contributed by atoms with E-state index in [0.717, 1.165) is 11.6 Å². The van der Waals surface area contributed by atoms with E-state index in [9.17, 15) is 4.39 Å². The molecule has 3 heteroatoms. The second-order valence-corrected chi connectivity index (χ2v) is 4.89. The number of aromatic nitrogens is 1. The van der Waals surface area contributed by atoms with Gasteiger partial charge in [-0.1, -0.05) is 26.7 Å². The van der Waals surface area contributed by atoms with Gasteiger partial charge in [-0.15, -0.1) is 0 Å². The summed E-state index contributed by atoms with van der Waals surface area (Å²) in [5.41, 5.74) is 0.923. The Morgan fingerprint density at radius 1 is 1.31 bits per heavy atom. The van der Waals surface area contributed by atoms with E-state index in [1.165, 1.54) is 25.3 Å². The van der Waals surface area contributed by atoms with Crippen molar-refractivity contribution >= 4 is 5.69 Å². The van der Waals surface area contributed by atoms with Gasteiger partial charge < -0.3 is 5.32 Å². The largest absolute Gasteiger partial charge is 0.381 e. The molecule has 0 radical (unpaired) electrons. The molecule has 1 saturated carbocycles. The number of hydrogen-bond donors (Lipinski definition) is 1. The molecule has 1 fully saturated rings. The predicted molar refractivity (Wildman–Crippen MR) is 63.8 cm³/mol. The summed E-state index contributed by atoms with van der Waals surface area (Å²) < 4.78 is 12.7. The molecular weight excluding hydrogens is 203 g/mol. The molecule has 0 amide bonds. The molecular formula is C13H19FN2. The highest BCUT2D eigenvalue weighted by molar-refractivity contribution is 5.41. The highest BCUT2D eigenvalue weighted by atomic mass is 19.1. The minimum absolute atomic E-state index is 0.421. The van der Waals surface area contributed by atoms with Crippen molar-refractivity contribution in [3.05, 3.63) is 24.3 Å². The third kappa shape index (κ3) is 2.52. The van der Waals surface area contributed by atoms with Crippen LogP contribution >= 0.6 is 0 Å². The van der Waals surface area contributed by atoms with E-state index in [4.69, 9.17) is 0 Å². The van der Waals surface area contributed by atoms with Crippen molar-refractivity contribution in [3.8, 4) is 0 Å². The quantitative estimate of drug-likeness (QED) is 0.775. The molecule has 2 nitrogen and oxygen atoms in total. The van der Waals surface area contributed by atoms with Crippen LogP contribution in [0.25, 0.3) is 0 Å². The fraction of sp³-hybridized carbons (Fsp3) is 0.615. The van der Waals surface area contributed by atoms with Gasteiger partial charge in [-0.3, -0.25) is 0 Å². The number of nitrogens with one attached hydrogen (secondary N) is 1. The molecule has 1 aliphatic rings. The maximum Gasteiger partial charge on any atom is 0.212 e. The molecule has 2 rings (SSSR count). The minimum Gasteiger partial charge on any atom is -0.381 e. The molecule has 0 spiro atoms. The van der Waals surface area contributed by atoms with E-state index in [2.05, 4.69) is 24.1 Å². The van der Waals surface area contributed by atoms with Crippen LogP contribution < -0.4 is 5.32 Å². The molecule has 0 aliphatic heterocycles. The van der Waals surface area contributed by atoms with Gasteiger partial charge in [0.25, 0.3) is 0 Å². The highest BCUT2D eigenvalue weighted by Gasteiger charge is 2.26. The van der Waals surface area contributed by atoms with Crippen LogP contribution in [0.2, 0.25) is 0 Å². The summed E-state index contributed by atoms with van der Waals surface area (Å²) in [6.45, 7) is 4.60. The van der Waals surface area contributed by atoms with Gasteiger partial charge in [-0.25, -0.2) is 4.98 Å². The SMILES string of the molecule is CC1CCCC(Nc2ccc(F)nc2)C1C. The average Bonchev–Trinajstić information content (AvgIpc) is 2.28. The first-order chi connectivity index (χ1) is 7.66. The standard InChI is InChI=1S/C13H19FN2/c1-9-4-3-5-12(10(9)2)16-11-6-7-13(14)15-8-11/h6-10,12,16H,3-5H2,1-2H3. The molecule has 3 atom stereocenters. The van der Waals surface area contributed by atoms with Crippen LogP contribution in [0.4, 0.5) is 10.1 Å². The van der Waals surface area contributed by atoms with Crippen molar-refractivity contribution in [2.24, 2.45) is 11.8 Å². The minimum atomic E-state index is -0.421. The molecule has 88 valence electrons. The maximum atomic E-state index is 12.7. The van der Waals surface area contributed by atoms with E-state index in [0.29, 0.717) is 12.0 Å². The van der Waals surface area contributed by atoms with Crippen molar-refractivity contribution < 1.29 is 4.39 Å². The summed E-state index contributed by atoms with van der Waals surface area (Å²) in [6.07, 6.45) is 5.36. The number of halogens is 1. The van der Waals surface area contributed by atoms with Gasteiger partial charge in [0, 0.05) is 6.04 Å². The maximum absolute atomic E-state index is 12.7. The fourth-order valence-corrected chi connectivity index (χ4v) is 2.46. The Hall–Kier alpha value is -1.12. The lowest BCUT2D eigenvalue weighted by atomic mass is 9.78. The predicted octanol–water partition coefficient (Wildman–Crippen LogP) is 3.46. The first kappa shape index (κ1) is 11.4. The van der Waals surface area contributed by atoms with Crippen LogP contribution in [-0.4, -0.2) is 11.0 Å².